The van der Waals surface area contributed by atoms with Crippen LogP contribution < -0.4 is 5.11 Å². The third kappa shape index (κ3) is 9.94. The van der Waals surface area contributed by atoms with Gasteiger partial charge in [0.25, 0.3) is 0 Å². The summed E-state index contributed by atoms with van der Waals surface area (Å²) in [6.45, 7) is 4.41. The smallest absolute Gasteiger partial charge is 0.0551 e. The summed E-state index contributed by atoms with van der Waals surface area (Å²) < 4.78 is 0. The summed E-state index contributed by atoms with van der Waals surface area (Å²) in [5, 5.41) is 11.3. The molecule has 0 fully saturated rings. The Bertz CT molecular complexity index is 447. The fourth-order valence-electron chi connectivity index (χ4n) is 3.26. The predicted molar refractivity (Wildman–Crippen MR) is 107 cm³/mol. The van der Waals surface area contributed by atoms with Crippen molar-refractivity contribution in [2.75, 3.05) is 0 Å². The van der Waals surface area contributed by atoms with Crippen molar-refractivity contribution in [1.29, 1.82) is 0 Å². The molecule has 142 valence electrons. The Morgan fingerprint density at radius 1 is 0.880 bits per heavy atom. The van der Waals surface area contributed by atoms with E-state index in [2.05, 4.69) is 13.8 Å². The number of rotatable bonds is 15. The summed E-state index contributed by atoms with van der Waals surface area (Å²) in [4.78, 5) is 12.8. The molecule has 0 saturated heterocycles. The maximum Gasteiger partial charge on any atom is 0.0551 e. The maximum atomic E-state index is 11.8. The molecule has 0 amide bonds. The minimum atomic E-state index is -0.905. The van der Waals surface area contributed by atoms with Crippen LogP contribution in [0.2, 0.25) is 0 Å². The molecule has 0 heterocycles. The molecule has 0 radical (unpaired) electrons. The summed E-state index contributed by atoms with van der Waals surface area (Å²) in [5.74, 6) is -0.691. The zero-order valence-electron chi connectivity index (χ0n) is 16.0. The molecule has 0 aliphatic rings. The first-order chi connectivity index (χ1) is 12.2. The van der Waals surface area contributed by atoms with Crippen molar-refractivity contribution in [2.45, 2.75) is 94.6 Å². The number of carboxylic acid groups (broad SMARTS) is 1. The number of aliphatic carboxylic acids is 1. The highest BCUT2D eigenvalue weighted by atomic mass is 32.2. The van der Waals surface area contributed by atoms with E-state index in [4.69, 9.17) is 0 Å². The van der Waals surface area contributed by atoms with Crippen molar-refractivity contribution in [2.24, 2.45) is 5.92 Å². The van der Waals surface area contributed by atoms with Crippen molar-refractivity contribution in [3.63, 3.8) is 0 Å². The monoisotopic (exact) mass is 363 g/mol. The molecule has 1 rings (SSSR count). The molecule has 3 heteroatoms. The van der Waals surface area contributed by atoms with Crippen LogP contribution >= 0.6 is 11.8 Å². The lowest BCUT2D eigenvalue weighted by Gasteiger charge is -2.28. The molecule has 0 aromatic heterocycles. The summed E-state index contributed by atoms with van der Waals surface area (Å²) in [7, 11) is 0. The van der Waals surface area contributed by atoms with E-state index in [0.29, 0.717) is 0 Å². The number of hydrogen-bond donors (Lipinski definition) is 0. The molecule has 0 aliphatic heterocycles. The Labute approximate surface area is 158 Å². The van der Waals surface area contributed by atoms with Gasteiger partial charge in [0.1, 0.15) is 0 Å². The highest BCUT2D eigenvalue weighted by molar-refractivity contribution is 8.00. The summed E-state index contributed by atoms with van der Waals surface area (Å²) in [6.07, 6.45) is 13.1. The average Bonchev–Trinajstić information content (AvgIpc) is 2.62. The van der Waals surface area contributed by atoms with Gasteiger partial charge in [-0.1, -0.05) is 89.8 Å². The second-order valence-electron chi connectivity index (χ2n) is 6.98. The second-order valence-corrected chi connectivity index (χ2v) is 8.20. The van der Waals surface area contributed by atoms with Crippen LogP contribution in [-0.2, 0) is 4.79 Å². The Kier molecular flexibility index (Phi) is 12.6. The Hall–Kier alpha value is -0.960. The van der Waals surface area contributed by atoms with E-state index in [1.54, 1.807) is 0 Å². The van der Waals surface area contributed by atoms with Crippen molar-refractivity contribution in [1.82, 2.24) is 0 Å². The van der Waals surface area contributed by atoms with E-state index in [-0.39, 0.29) is 5.92 Å². The molecule has 25 heavy (non-hydrogen) atoms. The van der Waals surface area contributed by atoms with Gasteiger partial charge in [-0.15, -0.1) is 11.8 Å². The van der Waals surface area contributed by atoms with Crippen LogP contribution in [0.1, 0.15) is 84.5 Å². The fraction of sp³-hybridized carbons (Fsp3) is 0.682. The molecule has 2 unspecified atom stereocenters. The van der Waals surface area contributed by atoms with E-state index in [1.807, 2.05) is 30.3 Å². The first kappa shape index (κ1) is 22.1. The second kappa shape index (κ2) is 14.2. The van der Waals surface area contributed by atoms with E-state index >= 15 is 0 Å². The molecular weight excluding hydrogens is 328 g/mol. The van der Waals surface area contributed by atoms with Crippen LogP contribution in [-0.4, -0.2) is 11.2 Å². The minimum Gasteiger partial charge on any atom is -0.549 e. The fourth-order valence-corrected chi connectivity index (χ4v) is 4.43. The third-order valence-corrected chi connectivity index (χ3v) is 6.15. The largest absolute Gasteiger partial charge is 0.549 e. The zero-order valence-corrected chi connectivity index (χ0v) is 16.9. The Balaban J connectivity index is 2.52. The summed E-state index contributed by atoms with van der Waals surface area (Å²) in [6, 6.07) is 9.87. The molecular formula is C22H35O2S-. The van der Waals surface area contributed by atoms with Gasteiger partial charge in [-0.2, -0.15) is 0 Å². The lowest BCUT2D eigenvalue weighted by atomic mass is 9.91. The lowest BCUT2D eigenvalue weighted by Crippen LogP contribution is -2.38. The number of benzene rings is 1. The van der Waals surface area contributed by atoms with E-state index in [1.165, 1.54) is 50.3 Å². The van der Waals surface area contributed by atoms with E-state index in [0.717, 1.165) is 37.0 Å². The molecule has 0 saturated carbocycles. The first-order valence-corrected chi connectivity index (χ1v) is 11.0. The number of thioether (sulfide) groups is 1. The Morgan fingerprint density at radius 3 is 2.04 bits per heavy atom. The van der Waals surface area contributed by atoms with Gasteiger partial charge in [0.15, 0.2) is 0 Å². The molecule has 1 aromatic carbocycles. The van der Waals surface area contributed by atoms with Gasteiger partial charge in [-0.3, -0.25) is 0 Å². The van der Waals surface area contributed by atoms with Crippen molar-refractivity contribution in [3.8, 4) is 0 Å². The molecule has 1 aromatic rings. The number of carbonyl (C=O) groups excluding carboxylic acids is 1. The zero-order chi connectivity index (χ0) is 18.3. The standard InChI is InChI=1S/C22H36O2S/c1-3-5-7-8-9-10-12-16-19(15-6-4-2)21(22(23)24)25-20-17-13-11-14-18-20/h11,13-14,17-19,21H,3-10,12,15-16H2,1-2H3,(H,23,24)/p-1. The van der Waals surface area contributed by atoms with E-state index < -0.39 is 11.2 Å². The van der Waals surface area contributed by atoms with Crippen LogP contribution in [0.4, 0.5) is 0 Å². The minimum absolute atomic E-state index is 0.214. The number of carbonyl (C=O) groups is 1. The highest BCUT2D eigenvalue weighted by Gasteiger charge is 2.23. The predicted octanol–water partition coefficient (Wildman–Crippen LogP) is 5.84. The maximum absolute atomic E-state index is 11.8. The van der Waals surface area contributed by atoms with Crippen LogP contribution in [0.15, 0.2) is 35.2 Å². The van der Waals surface area contributed by atoms with Crippen molar-refractivity contribution >= 4 is 17.7 Å². The number of unbranched alkanes of at least 4 members (excludes halogenated alkanes) is 7. The first-order valence-electron chi connectivity index (χ1n) is 10.1. The van der Waals surface area contributed by atoms with Crippen LogP contribution in [0.3, 0.4) is 0 Å². The Morgan fingerprint density at radius 2 is 1.44 bits per heavy atom. The topological polar surface area (TPSA) is 40.1 Å². The molecule has 0 bridgehead atoms. The normalized spacial score (nSPS) is 13.5. The van der Waals surface area contributed by atoms with Gasteiger partial charge >= 0.3 is 0 Å². The molecule has 0 aliphatic carbocycles. The van der Waals surface area contributed by atoms with Gasteiger partial charge in [0.2, 0.25) is 0 Å². The quantitative estimate of drug-likeness (QED) is 0.290. The molecule has 2 atom stereocenters. The van der Waals surface area contributed by atoms with Crippen molar-refractivity contribution < 1.29 is 9.90 Å². The highest BCUT2D eigenvalue weighted by Crippen LogP contribution is 2.33. The molecule has 2 nitrogen and oxygen atoms in total. The van der Waals surface area contributed by atoms with Gasteiger partial charge in [-0.25, -0.2) is 0 Å². The average molecular weight is 364 g/mol. The summed E-state index contributed by atoms with van der Waals surface area (Å²) >= 11 is 1.47. The molecule has 0 N–H and O–H groups in total. The summed E-state index contributed by atoms with van der Waals surface area (Å²) in [5.41, 5.74) is 0. The van der Waals surface area contributed by atoms with Crippen molar-refractivity contribution in [3.05, 3.63) is 30.3 Å². The van der Waals surface area contributed by atoms with Crippen LogP contribution in [0, 0.1) is 5.92 Å². The number of carboxylic acids is 1. The molecule has 0 spiro atoms. The van der Waals surface area contributed by atoms with Gasteiger partial charge in [0, 0.05) is 4.90 Å². The third-order valence-electron chi connectivity index (χ3n) is 4.77. The van der Waals surface area contributed by atoms with Crippen LogP contribution in [0.5, 0.6) is 0 Å². The van der Waals surface area contributed by atoms with E-state index in [9.17, 15) is 9.90 Å². The lowest BCUT2D eigenvalue weighted by molar-refractivity contribution is -0.305. The van der Waals surface area contributed by atoms with Gasteiger partial charge in [-0.05, 0) is 30.9 Å². The SMILES string of the molecule is CCCCCCCCCC(CCCC)C(Sc1ccccc1)C(=O)[O-]. The van der Waals surface area contributed by atoms with Crippen LogP contribution in [0.25, 0.3) is 0 Å². The van der Waals surface area contributed by atoms with Gasteiger partial charge in [0.05, 0.1) is 11.2 Å². The van der Waals surface area contributed by atoms with Gasteiger partial charge < -0.3 is 9.90 Å². The number of hydrogen-bond acceptors (Lipinski definition) is 3.